The maximum atomic E-state index is 13.0. The number of piperazine rings is 1. The number of nitrogens with zero attached hydrogens (tertiary/aromatic N) is 6. The Morgan fingerprint density at radius 1 is 1.17 bits per heavy atom. The molecule has 0 atom stereocenters. The Bertz CT molecular complexity index is 1210. The van der Waals surface area contributed by atoms with Crippen molar-refractivity contribution >= 4 is 23.6 Å². The quantitative estimate of drug-likeness (QED) is 0.459. The summed E-state index contributed by atoms with van der Waals surface area (Å²) in [6.07, 6.45) is 7.75. The molecule has 5 rings (SSSR count). The molecule has 1 amide bonds. The van der Waals surface area contributed by atoms with Crippen LogP contribution in [0.15, 0.2) is 32.4 Å². The van der Waals surface area contributed by atoms with Crippen LogP contribution in [0.25, 0.3) is 11.7 Å². The van der Waals surface area contributed by atoms with Gasteiger partial charge in [0, 0.05) is 37.9 Å². The number of hydrogen-bond acceptors (Lipinski definition) is 8. The number of anilines is 1. The summed E-state index contributed by atoms with van der Waals surface area (Å²) < 4.78 is 13.6. The fourth-order valence-electron chi connectivity index (χ4n) is 4.95. The summed E-state index contributed by atoms with van der Waals surface area (Å²) >= 11 is 1.55. The number of aromatic nitrogens is 3. The maximum Gasteiger partial charge on any atom is 0.266 e. The van der Waals surface area contributed by atoms with Gasteiger partial charge in [0.15, 0.2) is 10.9 Å². The van der Waals surface area contributed by atoms with Gasteiger partial charge in [-0.2, -0.15) is 10.2 Å². The Balaban J connectivity index is 1.20. The zero-order valence-electron chi connectivity index (χ0n) is 20.2. The lowest BCUT2D eigenvalue weighted by atomic mass is 9.95. The third-order valence-electron chi connectivity index (χ3n) is 6.99. The van der Waals surface area contributed by atoms with E-state index >= 15 is 0 Å². The minimum Gasteiger partial charge on any atom is -0.459 e. The molecule has 4 heterocycles. The number of thioether (sulfide) groups is 1. The first-order valence-electron chi connectivity index (χ1n) is 12.2. The molecule has 0 aromatic carbocycles. The number of hydrogen-bond donors (Lipinski definition) is 0. The third-order valence-corrected chi connectivity index (χ3v) is 7.92. The molecule has 0 radical (unpaired) electrons. The van der Waals surface area contributed by atoms with E-state index in [1.807, 2.05) is 9.80 Å². The third kappa shape index (κ3) is 4.82. The van der Waals surface area contributed by atoms with Crippen molar-refractivity contribution < 1.29 is 13.6 Å². The molecule has 1 aliphatic carbocycles. The topological polar surface area (TPSA) is 104 Å². The van der Waals surface area contributed by atoms with Crippen molar-refractivity contribution in [2.45, 2.75) is 57.1 Å². The van der Waals surface area contributed by atoms with Gasteiger partial charge in [-0.3, -0.25) is 4.79 Å². The van der Waals surface area contributed by atoms with E-state index in [4.69, 9.17) is 13.8 Å². The fourth-order valence-corrected chi connectivity index (χ4v) is 6.01. The van der Waals surface area contributed by atoms with E-state index in [1.165, 1.54) is 44.1 Å². The van der Waals surface area contributed by atoms with E-state index in [9.17, 15) is 10.1 Å². The number of carbonyl (C=O) groups excluding carboxylic acids is 1. The van der Waals surface area contributed by atoms with Crippen LogP contribution in [0.2, 0.25) is 0 Å². The lowest BCUT2D eigenvalue weighted by molar-refractivity contribution is -0.128. The first-order valence-corrected chi connectivity index (χ1v) is 13.2. The summed E-state index contributed by atoms with van der Waals surface area (Å²) in [6, 6.07) is 6.09. The minimum atomic E-state index is 0.109. The molecular formula is C25H30N6O3S. The van der Waals surface area contributed by atoms with Gasteiger partial charge in [-0.15, -0.1) is 0 Å². The second-order valence-electron chi connectivity index (χ2n) is 9.15. The van der Waals surface area contributed by atoms with Crippen LogP contribution < -0.4 is 4.90 Å². The highest BCUT2D eigenvalue weighted by Gasteiger charge is 2.28. The molecule has 2 aliphatic rings. The van der Waals surface area contributed by atoms with E-state index in [2.05, 4.69) is 29.5 Å². The van der Waals surface area contributed by atoms with Gasteiger partial charge in [0.05, 0.1) is 17.7 Å². The Morgan fingerprint density at radius 2 is 1.94 bits per heavy atom. The second kappa shape index (κ2) is 10.2. The second-order valence-corrected chi connectivity index (χ2v) is 10.1. The van der Waals surface area contributed by atoms with Crippen molar-refractivity contribution in [1.29, 1.82) is 5.26 Å². The van der Waals surface area contributed by atoms with Crippen LogP contribution in [0, 0.1) is 25.2 Å². The standard InChI is InChI=1S/C25H30N6O3S/c1-17-18(2)31(19-7-4-3-5-8-19)25(27-17)35-16-22(32)29-10-12-30(13-11-29)24-20(15-26)28-23(34-24)21-9-6-14-33-21/h6,9,14,19H,3-5,7-8,10-13,16H2,1-2H3. The van der Waals surface area contributed by atoms with Crippen LogP contribution in [0.5, 0.6) is 0 Å². The summed E-state index contributed by atoms with van der Waals surface area (Å²) in [4.78, 5) is 25.9. The first kappa shape index (κ1) is 23.5. The molecule has 1 saturated carbocycles. The molecular weight excluding hydrogens is 464 g/mol. The predicted molar refractivity (Wildman–Crippen MR) is 132 cm³/mol. The van der Waals surface area contributed by atoms with Crippen LogP contribution in [-0.4, -0.2) is 57.3 Å². The van der Waals surface area contributed by atoms with Gasteiger partial charge in [0.25, 0.3) is 5.89 Å². The van der Waals surface area contributed by atoms with E-state index in [0.29, 0.717) is 49.6 Å². The highest BCUT2D eigenvalue weighted by Crippen LogP contribution is 2.34. The monoisotopic (exact) mass is 494 g/mol. The average Bonchev–Trinajstić information content (AvgIpc) is 3.63. The average molecular weight is 495 g/mol. The molecule has 1 saturated heterocycles. The summed E-state index contributed by atoms with van der Waals surface area (Å²) in [6.45, 7) is 6.47. The highest BCUT2D eigenvalue weighted by molar-refractivity contribution is 7.99. The largest absolute Gasteiger partial charge is 0.459 e. The fraction of sp³-hybridized carbons (Fsp3) is 0.520. The molecule has 3 aromatic heterocycles. The summed E-state index contributed by atoms with van der Waals surface area (Å²) in [7, 11) is 0. The van der Waals surface area contributed by atoms with Crippen LogP contribution in [0.1, 0.15) is 55.2 Å². The lowest BCUT2D eigenvalue weighted by Crippen LogP contribution is -2.49. The number of oxazole rings is 1. The zero-order valence-corrected chi connectivity index (χ0v) is 21.0. The van der Waals surface area contributed by atoms with Crippen LogP contribution in [0.4, 0.5) is 5.88 Å². The first-order chi connectivity index (χ1) is 17.0. The molecule has 35 heavy (non-hydrogen) atoms. The Kier molecular flexibility index (Phi) is 6.86. The van der Waals surface area contributed by atoms with Crippen molar-refractivity contribution in [3.63, 3.8) is 0 Å². The number of furan rings is 1. The van der Waals surface area contributed by atoms with E-state index < -0.39 is 0 Å². The predicted octanol–water partition coefficient (Wildman–Crippen LogP) is 4.57. The molecule has 9 nitrogen and oxygen atoms in total. The van der Waals surface area contributed by atoms with Gasteiger partial charge in [-0.1, -0.05) is 31.0 Å². The number of carbonyl (C=O) groups is 1. The van der Waals surface area contributed by atoms with Crippen molar-refractivity contribution in [2.75, 3.05) is 36.8 Å². The van der Waals surface area contributed by atoms with Gasteiger partial charge in [0.2, 0.25) is 17.5 Å². The molecule has 0 bridgehead atoms. The minimum absolute atomic E-state index is 0.109. The smallest absolute Gasteiger partial charge is 0.266 e. The van der Waals surface area contributed by atoms with Gasteiger partial charge in [-0.05, 0) is 38.8 Å². The molecule has 2 fully saturated rings. The van der Waals surface area contributed by atoms with Crippen molar-refractivity contribution in [3.8, 4) is 17.7 Å². The zero-order chi connectivity index (χ0) is 24.4. The molecule has 0 N–H and O–H groups in total. The number of imidazole rings is 1. The number of amides is 1. The number of rotatable bonds is 6. The molecule has 3 aromatic rings. The van der Waals surface area contributed by atoms with E-state index in [0.717, 1.165) is 10.9 Å². The van der Waals surface area contributed by atoms with Gasteiger partial charge < -0.3 is 23.2 Å². The summed E-state index contributed by atoms with van der Waals surface area (Å²) in [5.41, 5.74) is 2.50. The Morgan fingerprint density at radius 3 is 2.63 bits per heavy atom. The molecule has 10 heteroatoms. The maximum absolute atomic E-state index is 13.0. The van der Waals surface area contributed by atoms with Crippen molar-refractivity contribution in [1.82, 2.24) is 19.4 Å². The van der Waals surface area contributed by atoms with E-state index in [-0.39, 0.29) is 17.5 Å². The van der Waals surface area contributed by atoms with Gasteiger partial charge in [0.1, 0.15) is 6.07 Å². The SMILES string of the molecule is Cc1nc(SCC(=O)N2CCN(c3oc(-c4ccco4)nc3C#N)CC2)n(C2CCCCC2)c1C. The normalized spacial score (nSPS) is 17.1. The van der Waals surface area contributed by atoms with Crippen molar-refractivity contribution in [2.24, 2.45) is 0 Å². The molecule has 184 valence electrons. The van der Waals surface area contributed by atoms with Crippen LogP contribution in [-0.2, 0) is 4.79 Å². The van der Waals surface area contributed by atoms with Crippen molar-refractivity contribution in [3.05, 3.63) is 35.5 Å². The summed E-state index contributed by atoms with van der Waals surface area (Å²) in [5.74, 6) is 1.68. The Hall–Kier alpha value is -3.19. The van der Waals surface area contributed by atoms with Crippen LogP contribution in [0.3, 0.4) is 0 Å². The molecule has 0 unspecified atom stereocenters. The van der Waals surface area contributed by atoms with E-state index in [1.54, 1.807) is 23.9 Å². The highest BCUT2D eigenvalue weighted by atomic mass is 32.2. The Labute approximate surface area is 209 Å². The van der Waals surface area contributed by atoms with Gasteiger partial charge >= 0.3 is 0 Å². The summed E-state index contributed by atoms with van der Waals surface area (Å²) in [5, 5.41) is 10.5. The van der Waals surface area contributed by atoms with Gasteiger partial charge in [-0.25, -0.2) is 4.98 Å². The van der Waals surface area contributed by atoms with Crippen LogP contribution >= 0.6 is 11.8 Å². The molecule has 1 aliphatic heterocycles. The number of nitriles is 1. The lowest BCUT2D eigenvalue weighted by Gasteiger charge is -2.34. The number of aryl methyl sites for hydroxylation is 1. The molecule has 0 spiro atoms.